The summed E-state index contributed by atoms with van der Waals surface area (Å²) in [6.07, 6.45) is 1.74. The van der Waals surface area contributed by atoms with Crippen LogP contribution in [0, 0.1) is 0 Å². The number of rotatable bonds is 6. The van der Waals surface area contributed by atoms with Gasteiger partial charge in [-0.1, -0.05) is 41.9 Å². The molecule has 5 nitrogen and oxygen atoms in total. The lowest BCUT2D eigenvalue weighted by Crippen LogP contribution is -2.19. The number of carbonyl (C=O) groups is 1. The van der Waals surface area contributed by atoms with Crippen LogP contribution in [0.2, 0.25) is 5.02 Å². The summed E-state index contributed by atoms with van der Waals surface area (Å²) in [6.45, 7) is 0. The van der Waals surface area contributed by atoms with E-state index in [2.05, 4.69) is 10.5 Å². The highest BCUT2D eigenvalue weighted by molar-refractivity contribution is 6.32. The standard InChI is InChI=1S/C17H17ClN2O3/c1-22-15-10-16(23-2)14(18)9-13(15)11-19-20-17(21)8-12-6-4-3-5-7-12/h3-7,9-11H,8H2,1-2H3,(H,20,21)/b19-11-. The monoisotopic (exact) mass is 332 g/mol. The average molecular weight is 333 g/mol. The highest BCUT2D eigenvalue weighted by Crippen LogP contribution is 2.31. The van der Waals surface area contributed by atoms with E-state index in [-0.39, 0.29) is 12.3 Å². The smallest absolute Gasteiger partial charge is 0.244 e. The molecule has 0 aliphatic carbocycles. The van der Waals surface area contributed by atoms with Crippen molar-refractivity contribution in [2.24, 2.45) is 5.10 Å². The number of nitrogens with zero attached hydrogens (tertiary/aromatic N) is 1. The second-order valence-electron chi connectivity index (χ2n) is 4.68. The molecular weight excluding hydrogens is 316 g/mol. The molecule has 0 saturated carbocycles. The van der Waals surface area contributed by atoms with Gasteiger partial charge in [0.2, 0.25) is 5.91 Å². The van der Waals surface area contributed by atoms with Gasteiger partial charge in [0.05, 0.1) is 31.9 Å². The average Bonchev–Trinajstić information content (AvgIpc) is 2.56. The molecule has 0 saturated heterocycles. The fourth-order valence-electron chi connectivity index (χ4n) is 1.98. The van der Waals surface area contributed by atoms with Crippen LogP contribution < -0.4 is 14.9 Å². The first-order valence-electron chi connectivity index (χ1n) is 6.91. The molecule has 0 unspecified atom stereocenters. The number of benzene rings is 2. The van der Waals surface area contributed by atoms with Crippen LogP contribution in [0.1, 0.15) is 11.1 Å². The van der Waals surface area contributed by atoms with Gasteiger partial charge in [0.1, 0.15) is 11.5 Å². The summed E-state index contributed by atoms with van der Waals surface area (Å²) in [4.78, 5) is 11.8. The number of halogens is 1. The van der Waals surface area contributed by atoms with Crippen molar-refractivity contribution in [3.8, 4) is 11.5 Å². The van der Waals surface area contributed by atoms with Gasteiger partial charge in [0.15, 0.2) is 0 Å². The first-order valence-corrected chi connectivity index (χ1v) is 7.29. The lowest BCUT2D eigenvalue weighted by atomic mass is 10.1. The summed E-state index contributed by atoms with van der Waals surface area (Å²) < 4.78 is 10.4. The van der Waals surface area contributed by atoms with Crippen molar-refractivity contribution in [1.82, 2.24) is 5.43 Å². The van der Waals surface area contributed by atoms with E-state index in [0.29, 0.717) is 22.1 Å². The molecule has 1 amide bonds. The van der Waals surface area contributed by atoms with E-state index in [9.17, 15) is 4.79 Å². The summed E-state index contributed by atoms with van der Waals surface area (Å²) in [6, 6.07) is 12.8. The molecule has 2 aromatic carbocycles. The van der Waals surface area contributed by atoms with Gasteiger partial charge in [-0.05, 0) is 11.6 Å². The second kappa shape index (κ2) is 8.19. The molecule has 1 N–H and O–H groups in total. The Balaban J connectivity index is 2.02. The normalized spacial score (nSPS) is 10.6. The van der Waals surface area contributed by atoms with Crippen molar-refractivity contribution in [3.05, 3.63) is 58.6 Å². The topological polar surface area (TPSA) is 59.9 Å². The molecule has 0 atom stereocenters. The third-order valence-corrected chi connectivity index (χ3v) is 3.40. The Morgan fingerprint density at radius 3 is 2.52 bits per heavy atom. The van der Waals surface area contributed by atoms with Gasteiger partial charge >= 0.3 is 0 Å². The maximum Gasteiger partial charge on any atom is 0.244 e. The number of methoxy groups -OCH3 is 2. The Labute approximate surface area is 139 Å². The van der Waals surface area contributed by atoms with Gasteiger partial charge < -0.3 is 9.47 Å². The second-order valence-corrected chi connectivity index (χ2v) is 5.09. The summed E-state index contributed by atoms with van der Waals surface area (Å²) in [5.41, 5.74) is 4.04. The minimum absolute atomic E-state index is 0.203. The molecule has 6 heteroatoms. The lowest BCUT2D eigenvalue weighted by Gasteiger charge is -2.09. The van der Waals surface area contributed by atoms with Crippen LogP contribution in [-0.2, 0) is 11.2 Å². The minimum atomic E-state index is -0.203. The van der Waals surface area contributed by atoms with Crippen LogP contribution in [0.25, 0.3) is 0 Å². The zero-order valence-electron chi connectivity index (χ0n) is 12.9. The van der Waals surface area contributed by atoms with Gasteiger partial charge in [-0.25, -0.2) is 5.43 Å². The molecule has 0 aromatic heterocycles. The first kappa shape index (κ1) is 16.8. The largest absolute Gasteiger partial charge is 0.496 e. The molecule has 2 aromatic rings. The number of hydrogen-bond donors (Lipinski definition) is 1. The summed E-state index contributed by atoms with van der Waals surface area (Å²) in [5, 5.41) is 4.37. The number of hydrogen-bond acceptors (Lipinski definition) is 4. The van der Waals surface area contributed by atoms with E-state index in [0.717, 1.165) is 5.56 Å². The Bertz CT molecular complexity index is 702. The zero-order valence-corrected chi connectivity index (χ0v) is 13.6. The molecule has 2 rings (SSSR count). The summed E-state index contributed by atoms with van der Waals surface area (Å²) >= 11 is 6.08. The predicted molar refractivity (Wildman–Crippen MR) is 90.4 cm³/mol. The van der Waals surface area contributed by atoms with Crippen molar-refractivity contribution >= 4 is 23.7 Å². The van der Waals surface area contributed by atoms with Crippen LogP contribution in [0.3, 0.4) is 0 Å². The maximum absolute atomic E-state index is 11.8. The van der Waals surface area contributed by atoms with Gasteiger partial charge in [-0.3, -0.25) is 4.79 Å². The molecule has 0 bridgehead atoms. The molecule has 0 fully saturated rings. The number of carbonyl (C=O) groups excluding carboxylic acids is 1. The van der Waals surface area contributed by atoms with Gasteiger partial charge in [-0.2, -0.15) is 5.10 Å². The highest BCUT2D eigenvalue weighted by atomic mass is 35.5. The third-order valence-electron chi connectivity index (χ3n) is 3.10. The number of hydrazone groups is 1. The molecule has 120 valence electrons. The quantitative estimate of drug-likeness (QED) is 0.653. The van der Waals surface area contributed by atoms with Crippen molar-refractivity contribution in [2.45, 2.75) is 6.42 Å². The fraction of sp³-hybridized carbons (Fsp3) is 0.176. The molecule has 0 aliphatic rings. The SMILES string of the molecule is COc1cc(OC)c(/C=N\NC(=O)Cc2ccccc2)cc1Cl. The Kier molecular flexibility index (Phi) is 6.00. The van der Waals surface area contributed by atoms with E-state index >= 15 is 0 Å². The van der Waals surface area contributed by atoms with E-state index in [1.165, 1.54) is 20.4 Å². The molecule has 0 radical (unpaired) electrons. The van der Waals surface area contributed by atoms with Crippen LogP contribution in [0.5, 0.6) is 11.5 Å². The first-order chi connectivity index (χ1) is 11.1. The summed E-state index contributed by atoms with van der Waals surface area (Å²) in [5.74, 6) is 0.854. The van der Waals surface area contributed by atoms with Crippen molar-refractivity contribution in [3.63, 3.8) is 0 Å². The zero-order chi connectivity index (χ0) is 16.7. The van der Waals surface area contributed by atoms with Crippen molar-refractivity contribution in [2.75, 3.05) is 14.2 Å². The Morgan fingerprint density at radius 2 is 1.87 bits per heavy atom. The van der Waals surface area contributed by atoms with E-state index in [1.807, 2.05) is 30.3 Å². The van der Waals surface area contributed by atoms with Crippen LogP contribution in [0.4, 0.5) is 0 Å². The molecule has 0 heterocycles. The van der Waals surface area contributed by atoms with E-state index in [4.69, 9.17) is 21.1 Å². The molecule has 0 aliphatic heterocycles. The number of amides is 1. The molecule has 0 spiro atoms. The third kappa shape index (κ3) is 4.72. The molecular formula is C17H17ClN2O3. The van der Waals surface area contributed by atoms with Gasteiger partial charge in [-0.15, -0.1) is 0 Å². The summed E-state index contributed by atoms with van der Waals surface area (Å²) in [7, 11) is 3.06. The van der Waals surface area contributed by atoms with E-state index < -0.39 is 0 Å². The fourth-order valence-corrected chi connectivity index (χ4v) is 2.23. The van der Waals surface area contributed by atoms with Gasteiger partial charge in [0.25, 0.3) is 0 Å². The Hall–Kier alpha value is -2.53. The highest BCUT2D eigenvalue weighted by Gasteiger charge is 2.08. The predicted octanol–water partition coefficient (Wildman–Crippen LogP) is 3.05. The van der Waals surface area contributed by atoms with Crippen molar-refractivity contribution in [1.29, 1.82) is 0 Å². The van der Waals surface area contributed by atoms with Crippen LogP contribution >= 0.6 is 11.6 Å². The Morgan fingerprint density at radius 1 is 1.17 bits per heavy atom. The number of ether oxygens (including phenoxy) is 2. The minimum Gasteiger partial charge on any atom is -0.496 e. The van der Waals surface area contributed by atoms with Crippen LogP contribution in [-0.4, -0.2) is 26.3 Å². The molecule has 23 heavy (non-hydrogen) atoms. The van der Waals surface area contributed by atoms with E-state index in [1.54, 1.807) is 12.1 Å². The maximum atomic E-state index is 11.8. The van der Waals surface area contributed by atoms with Crippen LogP contribution in [0.15, 0.2) is 47.6 Å². The van der Waals surface area contributed by atoms with Crippen molar-refractivity contribution < 1.29 is 14.3 Å². The number of nitrogens with one attached hydrogen (secondary N) is 1. The lowest BCUT2D eigenvalue weighted by molar-refractivity contribution is -0.120. The van der Waals surface area contributed by atoms with Gasteiger partial charge in [0, 0.05) is 11.6 Å².